The van der Waals surface area contributed by atoms with Gasteiger partial charge in [0.1, 0.15) is 0 Å². The fraction of sp³-hybridized carbons (Fsp3) is 0.769. The molecule has 1 saturated carbocycles. The quantitative estimate of drug-likeness (QED) is 0.872. The van der Waals surface area contributed by atoms with Crippen LogP contribution in [0.25, 0.3) is 0 Å². The molecule has 0 bridgehead atoms. The predicted molar refractivity (Wildman–Crippen MR) is 70.0 cm³/mol. The minimum atomic E-state index is 0.763. The van der Waals surface area contributed by atoms with Crippen molar-refractivity contribution in [2.45, 2.75) is 51.5 Å². The summed E-state index contributed by atoms with van der Waals surface area (Å²) >= 11 is 1.85. The Labute approximate surface area is 102 Å². The number of thiazole rings is 1. The molecule has 1 aliphatic carbocycles. The van der Waals surface area contributed by atoms with Crippen LogP contribution in [0.5, 0.6) is 0 Å². The Morgan fingerprint density at radius 3 is 2.69 bits per heavy atom. The van der Waals surface area contributed by atoms with Gasteiger partial charge in [-0.1, -0.05) is 6.92 Å². The summed E-state index contributed by atoms with van der Waals surface area (Å²) in [4.78, 5) is 4.66. The molecule has 0 saturated heterocycles. The smallest absolute Gasteiger partial charge is 0.0930 e. The lowest BCUT2D eigenvalue weighted by molar-refractivity contribution is 0.300. The van der Waals surface area contributed by atoms with E-state index in [1.807, 2.05) is 11.3 Å². The molecule has 16 heavy (non-hydrogen) atoms. The van der Waals surface area contributed by atoms with Crippen molar-refractivity contribution in [2.75, 3.05) is 7.05 Å². The second-order valence-corrected chi connectivity index (χ2v) is 5.74. The van der Waals surface area contributed by atoms with Gasteiger partial charge in [0.05, 0.1) is 10.7 Å². The summed E-state index contributed by atoms with van der Waals surface area (Å²) < 4.78 is 0. The molecule has 0 atom stereocenters. The third kappa shape index (κ3) is 3.05. The average molecular weight is 238 g/mol. The molecule has 1 fully saturated rings. The van der Waals surface area contributed by atoms with Gasteiger partial charge in [-0.25, -0.2) is 4.98 Å². The highest BCUT2D eigenvalue weighted by molar-refractivity contribution is 7.09. The Balaban J connectivity index is 1.82. The van der Waals surface area contributed by atoms with E-state index in [2.05, 4.69) is 29.7 Å². The molecule has 1 N–H and O–H groups in total. The molecule has 0 radical (unpaired) electrons. The van der Waals surface area contributed by atoms with Crippen molar-refractivity contribution in [1.29, 1.82) is 0 Å². The van der Waals surface area contributed by atoms with Gasteiger partial charge in [0, 0.05) is 17.8 Å². The Bertz CT molecular complexity index is 313. The molecule has 1 aromatic heterocycles. The maximum absolute atomic E-state index is 4.66. The van der Waals surface area contributed by atoms with Crippen molar-refractivity contribution in [2.24, 2.45) is 5.92 Å². The summed E-state index contributed by atoms with van der Waals surface area (Å²) in [6.45, 7) is 2.18. The highest BCUT2D eigenvalue weighted by atomic mass is 32.1. The van der Waals surface area contributed by atoms with Gasteiger partial charge >= 0.3 is 0 Å². The second kappa shape index (κ2) is 5.78. The summed E-state index contributed by atoms with van der Waals surface area (Å²) in [5, 5.41) is 6.96. The summed E-state index contributed by atoms with van der Waals surface area (Å²) in [6.07, 6.45) is 7.70. The van der Waals surface area contributed by atoms with Crippen LogP contribution in [0.15, 0.2) is 5.38 Å². The third-order valence-electron chi connectivity index (χ3n) is 3.68. The molecular weight excluding hydrogens is 216 g/mol. The second-order valence-electron chi connectivity index (χ2n) is 4.80. The van der Waals surface area contributed by atoms with E-state index in [0.29, 0.717) is 0 Å². The number of hydrogen-bond donors (Lipinski definition) is 1. The van der Waals surface area contributed by atoms with Gasteiger partial charge in [0.2, 0.25) is 0 Å². The molecule has 90 valence electrons. The monoisotopic (exact) mass is 238 g/mol. The zero-order chi connectivity index (χ0) is 11.4. The molecule has 0 amide bonds. The lowest BCUT2D eigenvalue weighted by atomic mass is 9.84. The van der Waals surface area contributed by atoms with Gasteiger partial charge in [-0.3, -0.25) is 0 Å². The third-order valence-corrected chi connectivity index (χ3v) is 4.60. The van der Waals surface area contributed by atoms with Gasteiger partial charge < -0.3 is 5.32 Å². The van der Waals surface area contributed by atoms with E-state index < -0.39 is 0 Å². The normalized spacial score (nSPS) is 25.9. The molecular formula is C13H22N2S. The lowest BCUT2D eigenvalue weighted by Gasteiger charge is -2.27. The summed E-state index contributed by atoms with van der Waals surface area (Å²) in [5.74, 6) is 0.875. The van der Waals surface area contributed by atoms with Gasteiger partial charge in [-0.2, -0.15) is 0 Å². The summed E-state index contributed by atoms with van der Waals surface area (Å²) in [6, 6.07) is 0.763. The lowest BCUT2D eigenvalue weighted by Crippen LogP contribution is -2.30. The zero-order valence-corrected chi connectivity index (χ0v) is 11.1. The maximum atomic E-state index is 4.66. The largest absolute Gasteiger partial charge is 0.317 e. The number of nitrogens with one attached hydrogen (secondary N) is 1. The minimum Gasteiger partial charge on any atom is -0.317 e. The van der Waals surface area contributed by atoms with Crippen LogP contribution < -0.4 is 5.32 Å². The van der Waals surface area contributed by atoms with Crippen LogP contribution in [-0.4, -0.2) is 18.1 Å². The van der Waals surface area contributed by atoms with Crippen molar-refractivity contribution in [3.8, 4) is 0 Å². The van der Waals surface area contributed by atoms with Crippen molar-refractivity contribution < 1.29 is 0 Å². The van der Waals surface area contributed by atoms with Gasteiger partial charge in [-0.15, -0.1) is 11.3 Å². The molecule has 2 rings (SSSR count). The van der Waals surface area contributed by atoms with Gasteiger partial charge in [0.25, 0.3) is 0 Å². The molecule has 1 aromatic rings. The first kappa shape index (κ1) is 12.1. The summed E-state index contributed by atoms with van der Waals surface area (Å²) in [5.41, 5.74) is 1.27. The van der Waals surface area contributed by atoms with Crippen molar-refractivity contribution in [3.05, 3.63) is 16.1 Å². The van der Waals surface area contributed by atoms with Crippen LogP contribution in [0.2, 0.25) is 0 Å². The summed E-state index contributed by atoms with van der Waals surface area (Å²) in [7, 11) is 2.08. The first-order valence-corrected chi connectivity index (χ1v) is 7.30. The van der Waals surface area contributed by atoms with Crippen molar-refractivity contribution in [1.82, 2.24) is 10.3 Å². The minimum absolute atomic E-state index is 0.763. The molecule has 0 spiro atoms. The SMILES string of the molecule is CCc1csc(CC2CCC(NC)CC2)n1. The number of nitrogens with zero attached hydrogens (tertiary/aromatic N) is 1. The number of aryl methyl sites for hydroxylation is 1. The predicted octanol–water partition coefficient (Wildman–Crippen LogP) is 3.03. The van der Waals surface area contributed by atoms with Crippen LogP contribution in [0, 0.1) is 5.92 Å². The van der Waals surface area contributed by atoms with Gasteiger partial charge in [0.15, 0.2) is 0 Å². The van der Waals surface area contributed by atoms with Crippen LogP contribution >= 0.6 is 11.3 Å². The topological polar surface area (TPSA) is 24.9 Å². The Kier molecular flexibility index (Phi) is 4.36. The maximum Gasteiger partial charge on any atom is 0.0930 e. The zero-order valence-electron chi connectivity index (χ0n) is 10.3. The van der Waals surface area contributed by atoms with Crippen molar-refractivity contribution in [3.63, 3.8) is 0 Å². The van der Waals surface area contributed by atoms with E-state index in [4.69, 9.17) is 0 Å². The Hall–Kier alpha value is -0.410. The van der Waals surface area contributed by atoms with E-state index in [9.17, 15) is 0 Å². The van der Waals surface area contributed by atoms with Crippen LogP contribution in [0.3, 0.4) is 0 Å². The fourth-order valence-electron chi connectivity index (χ4n) is 2.51. The van der Waals surface area contributed by atoms with Gasteiger partial charge in [-0.05, 0) is 45.1 Å². The molecule has 3 heteroatoms. The Morgan fingerprint density at radius 1 is 1.38 bits per heavy atom. The van der Waals surface area contributed by atoms with E-state index in [1.165, 1.54) is 42.8 Å². The molecule has 1 aliphatic rings. The average Bonchev–Trinajstić information content (AvgIpc) is 2.78. The van der Waals surface area contributed by atoms with E-state index >= 15 is 0 Å². The Morgan fingerprint density at radius 2 is 2.12 bits per heavy atom. The molecule has 2 nitrogen and oxygen atoms in total. The molecule has 0 aliphatic heterocycles. The van der Waals surface area contributed by atoms with Crippen molar-refractivity contribution >= 4 is 11.3 Å². The fourth-order valence-corrected chi connectivity index (χ4v) is 3.50. The van der Waals surface area contributed by atoms with E-state index in [0.717, 1.165) is 18.4 Å². The standard InChI is InChI=1S/C13H22N2S/c1-3-11-9-16-13(15-11)8-10-4-6-12(14-2)7-5-10/h9-10,12,14H,3-8H2,1-2H3. The van der Waals surface area contributed by atoms with E-state index in [1.54, 1.807) is 0 Å². The first-order valence-electron chi connectivity index (χ1n) is 6.42. The number of aromatic nitrogens is 1. The van der Waals surface area contributed by atoms with Crippen LogP contribution in [0.1, 0.15) is 43.3 Å². The highest BCUT2D eigenvalue weighted by Crippen LogP contribution is 2.28. The number of rotatable bonds is 4. The molecule has 1 heterocycles. The molecule has 0 aromatic carbocycles. The number of hydrogen-bond acceptors (Lipinski definition) is 3. The molecule has 0 unspecified atom stereocenters. The highest BCUT2D eigenvalue weighted by Gasteiger charge is 2.20. The van der Waals surface area contributed by atoms with Crippen LogP contribution in [0.4, 0.5) is 0 Å². The first-order chi connectivity index (χ1) is 7.81. The van der Waals surface area contributed by atoms with E-state index in [-0.39, 0.29) is 0 Å². The van der Waals surface area contributed by atoms with Crippen LogP contribution in [-0.2, 0) is 12.8 Å².